The molecule has 25 heavy (non-hydrogen) atoms. The maximum atomic E-state index is 12.8. The number of hydrogen-bond acceptors (Lipinski definition) is 6. The van der Waals surface area contributed by atoms with E-state index in [-0.39, 0.29) is 24.2 Å². The fraction of sp³-hybridized carbons (Fsp3) is 0.667. The van der Waals surface area contributed by atoms with Crippen LogP contribution >= 0.6 is 11.3 Å². The normalized spacial score (nSPS) is 21.2. The van der Waals surface area contributed by atoms with E-state index in [0.29, 0.717) is 16.1 Å². The second-order valence-electron chi connectivity index (χ2n) is 7.33. The zero-order valence-corrected chi connectivity index (χ0v) is 15.3. The first kappa shape index (κ1) is 16.7. The van der Waals surface area contributed by atoms with Gasteiger partial charge in [0.15, 0.2) is 4.83 Å². The standard InChI is InChI=1S/C18H23N3O3S/c1-11-7-8-13-14(9-11)25-17-16(13)18(23)21(20-19-17)10-15(22)24-12-5-3-2-4-6-12/h11-12H,2-10H2,1H3/t11-/m0/s1. The number of thiophene rings is 1. The van der Waals surface area contributed by atoms with Crippen molar-refractivity contribution in [2.45, 2.75) is 70.9 Å². The van der Waals surface area contributed by atoms with Gasteiger partial charge < -0.3 is 4.74 Å². The van der Waals surface area contributed by atoms with E-state index in [1.165, 1.54) is 16.0 Å². The Balaban J connectivity index is 1.57. The van der Waals surface area contributed by atoms with Gasteiger partial charge in [-0.15, -0.1) is 16.4 Å². The number of nitrogens with zero attached hydrogens (tertiary/aromatic N) is 3. The highest BCUT2D eigenvalue weighted by molar-refractivity contribution is 7.18. The lowest BCUT2D eigenvalue weighted by Gasteiger charge is -2.21. The monoisotopic (exact) mass is 361 g/mol. The first-order valence-corrected chi connectivity index (χ1v) is 10.0. The second kappa shape index (κ2) is 6.86. The molecule has 2 aromatic rings. The van der Waals surface area contributed by atoms with Crippen molar-refractivity contribution >= 4 is 27.5 Å². The van der Waals surface area contributed by atoms with Crippen molar-refractivity contribution in [2.24, 2.45) is 5.92 Å². The lowest BCUT2D eigenvalue weighted by Crippen LogP contribution is -2.31. The Bertz CT molecular complexity index is 851. The summed E-state index contributed by atoms with van der Waals surface area (Å²) in [6.07, 6.45) is 8.23. The first-order chi connectivity index (χ1) is 12.1. The molecule has 0 amide bonds. The predicted molar refractivity (Wildman–Crippen MR) is 95.8 cm³/mol. The van der Waals surface area contributed by atoms with Crippen molar-refractivity contribution in [3.8, 4) is 0 Å². The van der Waals surface area contributed by atoms with Crippen molar-refractivity contribution in [3.63, 3.8) is 0 Å². The molecule has 0 spiro atoms. The molecule has 0 bridgehead atoms. The summed E-state index contributed by atoms with van der Waals surface area (Å²) in [5, 5.41) is 8.82. The van der Waals surface area contributed by atoms with E-state index in [2.05, 4.69) is 17.2 Å². The molecule has 1 fully saturated rings. The molecule has 2 heterocycles. The molecule has 2 aliphatic rings. The van der Waals surface area contributed by atoms with Gasteiger partial charge in [0.05, 0.1) is 5.39 Å². The predicted octanol–water partition coefficient (Wildman–Crippen LogP) is 2.85. The zero-order valence-electron chi connectivity index (χ0n) is 14.5. The highest BCUT2D eigenvalue weighted by atomic mass is 32.1. The van der Waals surface area contributed by atoms with Crippen LogP contribution in [0.4, 0.5) is 0 Å². The fourth-order valence-electron chi connectivity index (χ4n) is 3.92. The molecule has 0 unspecified atom stereocenters. The van der Waals surface area contributed by atoms with Crippen molar-refractivity contribution in [3.05, 3.63) is 20.8 Å². The van der Waals surface area contributed by atoms with Crippen LogP contribution in [0.3, 0.4) is 0 Å². The van der Waals surface area contributed by atoms with Crippen molar-refractivity contribution in [2.75, 3.05) is 0 Å². The van der Waals surface area contributed by atoms with Crippen LogP contribution in [0.25, 0.3) is 10.2 Å². The van der Waals surface area contributed by atoms with Crippen LogP contribution in [0.5, 0.6) is 0 Å². The number of carbonyl (C=O) groups excluding carboxylic acids is 1. The van der Waals surface area contributed by atoms with Crippen LogP contribution in [0.2, 0.25) is 0 Å². The third kappa shape index (κ3) is 3.34. The Labute approximate surface area is 150 Å². The smallest absolute Gasteiger partial charge is 0.328 e. The molecule has 1 atom stereocenters. The van der Waals surface area contributed by atoms with E-state index < -0.39 is 0 Å². The lowest BCUT2D eigenvalue weighted by molar-refractivity contribution is -0.151. The minimum absolute atomic E-state index is 0.0102. The van der Waals surface area contributed by atoms with E-state index in [1.54, 1.807) is 11.3 Å². The van der Waals surface area contributed by atoms with Crippen molar-refractivity contribution in [1.82, 2.24) is 15.0 Å². The molecule has 6 nitrogen and oxygen atoms in total. The van der Waals surface area contributed by atoms with Gasteiger partial charge in [-0.3, -0.25) is 9.59 Å². The maximum absolute atomic E-state index is 12.8. The quantitative estimate of drug-likeness (QED) is 0.786. The summed E-state index contributed by atoms with van der Waals surface area (Å²) in [6, 6.07) is 0. The van der Waals surface area contributed by atoms with E-state index in [4.69, 9.17) is 4.74 Å². The SMILES string of the molecule is C[C@H]1CCc2c(sc3nnn(CC(=O)OC4CCCCC4)c(=O)c23)C1. The second-order valence-corrected chi connectivity index (χ2v) is 8.42. The van der Waals surface area contributed by atoms with E-state index in [9.17, 15) is 9.59 Å². The minimum atomic E-state index is -0.389. The van der Waals surface area contributed by atoms with E-state index >= 15 is 0 Å². The van der Waals surface area contributed by atoms with Gasteiger partial charge in [0.25, 0.3) is 5.56 Å². The number of carbonyl (C=O) groups is 1. The first-order valence-electron chi connectivity index (χ1n) is 9.19. The Hall–Kier alpha value is -1.76. The number of aromatic nitrogens is 3. The van der Waals surface area contributed by atoms with Crippen molar-refractivity contribution < 1.29 is 9.53 Å². The summed E-state index contributed by atoms with van der Waals surface area (Å²) >= 11 is 1.57. The molecule has 4 rings (SSSR count). The van der Waals surface area contributed by atoms with Gasteiger partial charge in [0.1, 0.15) is 12.6 Å². The Kier molecular flexibility index (Phi) is 4.58. The zero-order chi connectivity index (χ0) is 17.4. The highest BCUT2D eigenvalue weighted by Crippen LogP contribution is 2.35. The van der Waals surface area contributed by atoms with Crippen LogP contribution in [-0.2, 0) is 28.9 Å². The summed E-state index contributed by atoms with van der Waals surface area (Å²) < 4.78 is 6.67. The van der Waals surface area contributed by atoms with Gasteiger partial charge in [-0.25, -0.2) is 0 Å². The van der Waals surface area contributed by atoms with Crippen LogP contribution in [-0.4, -0.2) is 27.1 Å². The summed E-state index contributed by atoms with van der Waals surface area (Å²) in [7, 11) is 0. The number of fused-ring (bicyclic) bond motifs is 3. The summed E-state index contributed by atoms with van der Waals surface area (Å²) in [6.45, 7) is 2.08. The van der Waals surface area contributed by atoms with Crippen LogP contribution in [0.15, 0.2) is 4.79 Å². The topological polar surface area (TPSA) is 74.1 Å². The maximum Gasteiger partial charge on any atom is 0.328 e. The molecule has 7 heteroatoms. The van der Waals surface area contributed by atoms with Crippen LogP contribution in [0.1, 0.15) is 55.9 Å². The molecule has 134 valence electrons. The number of hydrogen-bond donors (Lipinski definition) is 0. The summed E-state index contributed by atoms with van der Waals surface area (Å²) in [5.41, 5.74) is 0.907. The number of rotatable bonds is 3. The average molecular weight is 361 g/mol. The van der Waals surface area contributed by atoms with Gasteiger partial charge in [-0.2, -0.15) is 4.68 Å². The largest absolute Gasteiger partial charge is 0.461 e. The molecule has 2 aliphatic carbocycles. The molecule has 0 N–H and O–H groups in total. The van der Waals surface area contributed by atoms with Crippen molar-refractivity contribution in [1.29, 1.82) is 0 Å². The summed E-state index contributed by atoms with van der Waals surface area (Å²) in [4.78, 5) is 27.0. The molecule has 0 aliphatic heterocycles. The Morgan fingerprint density at radius 1 is 1.28 bits per heavy atom. The third-order valence-electron chi connectivity index (χ3n) is 5.31. The molecule has 0 saturated heterocycles. The fourth-order valence-corrected chi connectivity index (χ4v) is 5.24. The van der Waals surface area contributed by atoms with Gasteiger partial charge in [-0.1, -0.05) is 18.6 Å². The molecule has 0 aromatic carbocycles. The third-order valence-corrected chi connectivity index (χ3v) is 6.45. The highest BCUT2D eigenvalue weighted by Gasteiger charge is 2.24. The van der Waals surface area contributed by atoms with Crippen LogP contribution in [0, 0.1) is 5.92 Å². The number of aryl methyl sites for hydroxylation is 1. The summed E-state index contributed by atoms with van der Waals surface area (Å²) in [5.74, 6) is 0.251. The molecule has 1 saturated carbocycles. The Morgan fingerprint density at radius 3 is 2.88 bits per heavy atom. The lowest BCUT2D eigenvalue weighted by atomic mass is 9.89. The van der Waals surface area contributed by atoms with Gasteiger partial charge in [0.2, 0.25) is 0 Å². The molecule has 0 radical (unpaired) electrons. The number of ether oxygens (including phenoxy) is 1. The van der Waals surface area contributed by atoms with E-state index in [0.717, 1.165) is 50.5 Å². The van der Waals surface area contributed by atoms with Gasteiger partial charge in [0, 0.05) is 4.88 Å². The minimum Gasteiger partial charge on any atom is -0.461 e. The number of esters is 1. The van der Waals surface area contributed by atoms with Gasteiger partial charge in [-0.05, 0) is 56.4 Å². The Morgan fingerprint density at radius 2 is 2.08 bits per heavy atom. The van der Waals surface area contributed by atoms with Crippen LogP contribution < -0.4 is 5.56 Å². The van der Waals surface area contributed by atoms with E-state index in [1.807, 2.05) is 0 Å². The molecular formula is C18H23N3O3S. The van der Waals surface area contributed by atoms with Gasteiger partial charge >= 0.3 is 5.97 Å². The molecular weight excluding hydrogens is 338 g/mol. The molecule has 2 aromatic heterocycles. The average Bonchev–Trinajstić information content (AvgIpc) is 2.96.